The second-order valence-electron chi connectivity index (χ2n) is 3.68. The summed E-state index contributed by atoms with van der Waals surface area (Å²) in [6.07, 6.45) is 5.45. The molecule has 2 N–H and O–H groups in total. The molecule has 1 aliphatic carbocycles. The summed E-state index contributed by atoms with van der Waals surface area (Å²) < 4.78 is 1.01. The van der Waals surface area contributed by atoms with Gasteiger partial charge in [0.2, 0.25) is 0 Å². The maximum Gasteiger partial charge on any atom is 0.0596 e. The van der Waals surface area contributed by atoms with Crippen molar-refractivity contribution in [2.45, 2.75) is 35.8 Å². The smallest absolute Gasteiger partial charge is 0.0596 e. The Morgan fingerprint density at radius 1 is 1.29 bits per heavy atom. The number of para-hydroxylation sites is 1. The van der Waals surface area contributed by atoms with Crippen LogP contribution in [0.5, 0.6) is 0 Å². The number of anilines is 1. The molecule has 2 rings (SSSR count). The Hall–Kier alpha value is -0.150. The minimum absolute atomic E-state index is 0.784. The minimum atomic E-state index is 0.784. The van der Waals surface area contributed by atoms with E-state index in [1.165, 1.54) is 30.6 Å². The van der Waals surface area contributed by atoms with Crippen LogP contribution < -0.4 is 5.73 Å². The molecule has 1 aromatic rings. The third-order valence-corrected chi connectivity index (χ3v) is 4.71. The van der Waals surface area contributed by atoms with E-state index in [0.717, 1.165) is 15.4 Å². The van der Waals surface area contributed by atoms with E-state index >= 15 is 0 Å². The Bertz CT molecular complexity index is 321. The van der Waals surface area contributed by atoms with Crippen molar-refractivity contribution in [3.63, 3.8) is 0 Å². The van der Waals surface area contributed by atoms with Gasteiger partial charge in [-0.25, -0.2) is 0 Å². The van der Waals surface area contributed by atoms with Gasteiger partial charge in [0.15, 0.2) is 0 Å². The second kappa shape index (κ2) is 4.58. The summed E-state index contributed by atoms with van der Waals surface area (Å²) in [4.78, 5) is 1.23. The van der Waals surface area contributed by atoms with Gasteiger partial charge in [-0.2, -0.15) is 0 Å². The number of nitrogens with two attached hydrogens (primary N) is 1. The first kappa shape index (κ1) is 10.4. The topological polar surface area (TPSA) is 26.0 Å². The number of rotatable bonds is 2. The van der Waals surface area contributed by atoms with Crippen molar-refractivity contribution in [2.75, 3.05) is 5.73 Å². The van der Waals surface area contributed by atoms with Gasteiger partial charge in [0.25, 0.3) is 0 Å². The molecule has 1 saturated carbocycles. The van der Waals surface area contributed by atoms with Gasteiger partial charge in [-0.05, 0) is 40.9 Å². The average Bonchev–Trinajstić information content (AvgIpc) is 2.66. The van der Waals surface area contributed by atoms with Crippen molar-refractivity contribution in [3.05, 3.63) is 22.7 Å². The number of hydrogen-bond donors (Lipinski definition) is 1. The summed E-state index contributed by atoms with van der Waals surface area (Å²) in [5.74, 6) is 0. The fourth-order valence-electron chi connectivity index (χ4n) is 1.81. The average molecular weight is 272 g/mol. The molecule has 1 aromatic carbocycles. The first-order valence-electron chi connectivity index (χ1n) is 4.98. The Kier molecular flexibility index (Phi) is 3.39. The Balaban J connectivity index is 2.11. The molecule has 0 atom stereocenters. The van der Waals surface area contributed by atoms with Gasteiger partial charge in [0.1, 0.15) is 0 Å². The lowest BCUT2D eigenvalue weighted by molar-refractivity contribution is 0.886. The molecule has 1 aliphatic rings. The normalized spacial score (nSPS) is 17.5. The zero-order valence-electron chi connectivity index (χ0n) is 8.00. The van der Waals surface area contributed by atoms with Crippen molar-refractivity contribution >= 4 is 33.4 Å². The van der Waals surface area contributed by atoms with E-state index in [4.69, 9.17) is 5.73 Å². The molecule has 0 amide bonds. The highest BCUT2D eigenvalue weighted by molar-refractivity contribution is 9.10. The van der Waals surface area contributed by atoms with E-state index in [1.807, 2.05) is 17.8 Å². The molecule has 76 valence electrons. The van der Waals surface area contributed by atoms with Crippen molar-refractivity contribution in [1.82, 2.24) is 0 Å². The molecule has 3 heteroatoms. The van der Waals surface area contributed by atoms with E-state index in [2.05, 4.69) is 28.1 Å². The summed E-state index contributed by atoms with van der Waals surface area (Å²) >= 11 is 5.39. The van der Waals surface area contributed by atoms with Gasteiger partial charge in [-0.3, -0.25) is 0 Å². The SMILES string of the molecule is Nc1c(Br)cccc1SC1CCCC1. The lowest BCUT2D eigenvalue weighted by atomic mass is 10.3. The van der Waals surface area contributed by atoms with Gasteiger partial charge in [-0.1, -0.05) is 18.9 Å². The molecule has 0 radical (unpaired) electrons. The van der Waals surface area contributed by atoms with Gasteiger partial charge in [0, 0.05) is 14.6 Å². The Morgan fingerprint density at radius 3 is 2.71 bits per heavy atom. The molecule has 0 unspecified atom stereocenters. The molecule has 0 heterocycles. The van der Waals surface area contributed by atoms with Crippen LogP contribution in [0.3, 0.4) is 0 Å². The molecule has 0 aromatic heterocycles. The summed E-state index contributed by atoms with van der Waals surface area (Å²) in [5, 5.41) is 0.784. The van der Waals surface area contributed by atoms with Crippen LogP contribution in [0.15, 0.2) is 27.6 Å². The van der Waals surface area contributed by atoms with Crippen LogP contribution >= 0.6 is 27.7 Å². The van der Waals surface area contributed by atoms with Crippen molar-refractivity contribution < 1.29 is 0 Å². The molecule has 0 aliphatic heterocycles. The van der Waals surface area contributed by atoms with Gasteiger partial charge in [-0.15, -0.1) is 11.8 Å². The quantitative estimate of drug-likeness (QED) is 0.821. The lowest BCUT2D eigenvalue weighted by Gasteiger charge is -2.11. The van der Waals surface area contributed by atoms with E-state index in [9.17, 15) is 0 Å². The summed E-state index contributed by atoms with van der Waals surface area (Å²) in [6, 6.07) is 6.16. The highest BCUT2D eigenvalue weighted by Gasteiger charge is 2.17. The molecule has 0 saturated heterocycles. The lowest BCUT2D eigenvalue weighted by Crippen LogP contribution is -1.96. The van der Waals surface area contributed by atoms with Crippen LogP contribution in [0.2, 0.25) is 0 Å². The fraction of sp³-hybridized carbons (Fsp3) is 0.455. The third kappa shape index (κ3) is 2.26. The number of nitrogen functional groups attached to an aromatic ring is 1. The summed E-state index contributed by atoms with van der Waals surface area (Å²) in [7, 11) is 0. The predicted molar refractivity (Wildman–Crippen MR) is 66.7 cm³/mol. The third-order valence-electron chi connectivity index (χ3n) is 2.61. The highest BCUT2D eigenvalue weighted by atomic mass is 79.9. The van der Waals surface area contributed by atoms with Crippen LogP contribution in [0.25, 0.3) is 0 Å². The van der Waals surface area contributed by atoms with Gasteiger partial charge in [0.05, 0.1) is 5.69 Å². The van der Waals surface area contributed by atoms with Crippen LogP contribution in [0, 0.1) is 0 Å². The van der Waals surface area contributed by atoms with E-state index in [1.54, 1.807) is 0 Å². The zero-order valence-corrected chi connectivity index (χ0v) is 10.4. The summed E-state index contributed by atoms with van der Waals surface area (Å²) in [5.41, 5.74) is 6.89. The van der Waals surface area contributed by atoms with Crippen LogP contribution in [0.4, 0.5) is 5.69 Å². The largest absolute Gasteiger partial charge is 0.397 e. The first-order valence-corrected chi connectivity index (χ1v) is 6.65. The monoisotopic (exact) mass is 271 g/mol. The number of halogens is 1. The van der Waals surface area contributed by atoms with E-state index < -0.39 is 0 Å². The standard InChI is InChI=1S/C11H14BrNS/c12-9-6-3-7-10(11(9)13)14-8-4-1-2-5-8/h3,6-8H,1-2,4-5,13H2. The molecule has 1 fully saturated rings. The molecular formula is C11H14BrNS. The van der Waals surface area contributed by atoms with Crippen molar-refractivity contribution in [3.8, 4) is 0 Å². The van der Waals surface area contributed by atoms with Crippen LogP contribution in [0.1, 0.15) is 25.7 Å². The predicted octanol–water partition coefficient (Wildman–Crippen LogP) is 4.07. The van der Waals surface area contributed by atoms with Gasteiger partial charge >= 0.3 is 0 Å². The second-order valence-corrected chi connectivity index (χ2v) is 5.87. The highest BCUT2D eigenvalue weighted by Crippen LogP contribution is 2.39. The number of hydrogen-bond acceptors (Lipinski definition) is 2. The maximum atomic E-state index is 5.99. The number of benzene rings is 1. The zero-order chi connectivity index (χ0) is 9.97. The van der Waals surface area contributed by atoms with Crippen molar-refractivity contribution in [2.24, 2.45) is 0 Å². The van der Waals surface area contributed by atoms with Crippen molar-refractivity contribution in [1.29, 1.82) is 0 Å². The molecule has 0 bridgehead atoms. The van der Waals surface area contributed by atoms with E-state index in [0.29, 0.717) is 0 Å². The summed E-state index contributed by atoms with van der Waals surface area (Å²) in [6.45, 7) is 0. The Labute approximate surface area is 97.6 Å². The Morgan fingerprint density at radius 2 is 2.00 bits per heavy atom. The number of thioether (sulfide) groups is 1. The first-order chi connectivity index (χ1) is 6.77. The van der Waals surface area contributed by atoms with Crippen LogP contribution in [-0.2, 0) is 0 Å². The molecule has 1 nitrogen and oxygen atoms in total. The molecule has 0 spiro atoms. The molecule has 14 heavy (non-hydrogen) atoms. The maximum absolute atomic E-state index is 5.99. The van der Waals surface area contributed by atoms with Crippen LogP contribution in [-0.4, -0.2) is 5.25 Å². The molecular weight excluding hydrogens is 258 g/mol. The van der Waals surface area contributed by atoms with E-state index in [-0.39, 0.29) is 0 Å². The minimum Gasteiger partial charge on any atom is -0.397 e. The fourth-order valence-corrected chi connectivity index (χ4v) is 3.63. The van der Waals surface area contributed by atoms with Gasteiger partial charge < -0.3 is 5.73 Å².